The third-order valence-electron chi connectivity index (χ3n) is 7.82. The van der Waals surface area contributed by atoms with E-state index in [4.69, 9.17) is 0 Å². The van der Waals surface area contributed by atoms with Crippen molar-refractivity contribution in [3.05, 3.63) is 166 Å². The molecular formula is C39H29Br2NP2. The molecular weight excluding hydrogens is 704 g/mol. The van der Waals surface area contributed by atoms with Gasteiger partial charge in [-0.3, -0.25) is 0 Å². The molecule has 214 valence electrons. The maximum absolute atomic E-state index is 3.90. The predicted molar refractivity (Wildman–Crippen MR) is 203 cm³/mol. The highest BCUT2D eigenvalue weighted by atomic mass is 79.9. The Morgan fingerprint density at radius 1 is 0.432 bits per heavy atom. The Kier molecular flexibility index (Phi) is 8.66. The Morgan fingerprint density at radius 2 is 0.727 bits per heavy atom. The minimum absolute atomic E-state index is 0.833. The van der Waals surface area contributed by atoms with Crippen LogP contribution in [0.1, 0.15) is 11.1 Å². The summed E-state index contributed by atoms with van der Waals surface area (Å²) in [6.45, 7) is 0. The molecule has 0 spiro atoms. The Bertz CT molecular complexity index is 1720. The molecule has 1 nitrogen and oxygen atoms in total. The van der Waals surface area contributed by atoms with E-state index in [9.17, 15) is 0 Å². The van der Waals surface area contributed by atoms with Gasteiger partial charge in [-0.2, -0.15) is 0 Å². The molecule has 0 aliphatic carbocycles. The van der Waals surface area contributed by atoms with Crippen molar-refractivity contribution >= 4 is 103 Å². The minimum atomic E-state index is -0.833. The average Bonchev–Trinajstić information content (AvgIpc) is 3.19. The lowest BCUT2D eigenvalue weighted by atomic mass is 10.1. The van der Waals surface area contributed by atoms with Crippen molar-refractivity contribution < 1.29 is 0 Å². The second-order valence-corrected chi connectivity index (χ2v) is 16.8. The van der Waals surface area contributed by atoms with Crippen molar-refractivity contribution in [3.63, 3.8) is 0 Å². The Morgan fingerprint density at radius 3 is 1.02 bits per heavy atom. The molecule has 6 aromatic rings. The third-order valence-corrected chi connectivity index (χ3v) is 13.6. The van der Waals surface area contributed by atoms with Crippen LogP contribution < -0.4 is 36.7 Å². The summed E-state index contributed by atoms with van der Waals surface area (Å²) in [5.74, 6) is 0. The van der Waals surface area contributed by atoms with Crippen molar-refractivity contribution in [2.45, 2.75) is 0 Å². The number of anilines is 2. The molecule has 1 aliphatic rings. The number of rotatable bonds is 6. The molecule has 0 bridgehead atoms. The maximum Gasteiger partial charge on any atom is 0.0567 e. The summed E-state index contributed by atoms with van der Waals surface area (Å²) in [4.78, 5) is 2.47. The molecule has 0 saturated heterocycles. The van der Waals surface area contributed by atoms with Crippen LogP contribution in [-0.2, 0) is 0 Å². The van der Waals surface area contributed by atoms with Gasteiger partial charge in [-0.05, 0) is 72.5 Å². The quantitative estimate of drug-likeness (QED) is 0.155. The van der Waals surface area contributed by atoms with E-state index in [2.05, 4.69) is 202 Å². The van der Waals surface area contributed by atoms with E-state index < -0.39 is 15.8 Å². The molecule has 1 aliphatic heterocycles. The fraction of sp³-hybridized carbons (Fsp3) is 0.0256. The largest absolute Gasteiger partial charge is 0.343 e. The minimum Gasteiger partial charge on any atom is -0.343 e. The van der Waals surface area contributed by atoms with Gasteiger partial charge in [-0.15, -0.1) is 0 Å². The zero-order valence-electron chi connectivity index (χ0n) is 24.1. The zero-order valence-corrected chi connectivity index (χ0v) is 29.1. The molecule has 0 atom stereocenters. The van der Waals surface area contributed by atoms with Crippen molar-refractivity contribution in [2.75, 3.05) is 11.9 Å². The third kappa shape index (κ3) is 5.76. The summed E-state index contributed by atoms with van der Waals surface area (Å²) in [6, 6.07) is 53.1. The Labute approximate surface area is 279 Å². The van der Waals surface area contributed by atoms with Crippen molar-refractivity contribution in [1.82, 2.24) is 0 Å². The lowest BCUT2D eigenvalue weighted by molar-refractivity contribution is 1.22. The van der Waals surface area contributed by atoms with Crippen LogP contribution in [0.25, 0.3) is 12.2 Å². The molecule has 5 heteroatoms. The molecule has 7 rings (SSSR count). The first-order chi connectivity index (χ1) is 21.6. The van der Waals surface area contributed by atoms with Gasteiger partial charge in [0.1, 0.15) is 0 Å². The summed E-state index contributed by atoms with van der Waals surface area (Å²) in [5.41, 5.74) is 4.92. The normalized spacial score (nSPS) is 12.2. The second kappa shape index (κ2) is 13.0. The van der Waals surface area contributed by atoms with Gasteiger partial charge < -0.3 is 4.90 Å². The molecule has 0 unspecified atom stereocenters. The van der Waals surface area contributed by atoms with Gasteiger partial charge in [0.2, 0.25) is 0 Å². The van der Waals surface area contributed by atoms with Crippen LogP contribution in [-0.4, -0.2) is 7.05 Å². The first-order valence-corrected chi connectivity index (χ1v) is 18.7. The molecule has 0 radical (unpaired) electrons. The second-order valence-electron chi connectivity index (χ2n) is 10.6. The number of benzene rings is 6. The van der Waals surface area contributed by atoms with Crippen LogP contribution in [0.4, 0.5) is 11.4 Å². The SMILES string of the molecule is CN1c2c(cc(Br)cc2P(c2ccccc2)c2ccccc2)C=Cc2cc(Br)cc(P(c3ccccc3)c3ccccc3)c21. The number of fused-ring (bicyclic) bond motifs is 2. The van der Waals surface area contributed by atoms with E-state index in [1.54, 1.807) is 0 Å². The highest BCUT2D eigenvalue weighted by molar-refractivity contribution is 9.10. The molecule has 0 N–H and O–H groups in total. The smallest absolute Gasteiger partial charge is 0.0567 e. The summed E-state index contributed by atoms with van der Waals surface area (Å²) >= 11 is 7.80. The summed E-state index contributed by atoms with van der Waals surface area (Å²) < 4.78 is 2.18. The van der Waals surface area contributed by atoms with Gasteiger partial charge in [0.05, 0.1) is 11.4 Å². The van der Waals surface area contributed by atoms with Gasteiger partial charge in [0.15, 0.2) is 0 Å². The Hall–Kier alpha value is -3.32. The number of hydrogen-bond acceptors (Lipinski definition) is 1. The summed E-state index contributed by atoms with van der Waals surface area (Å²) in [6.07, 6.45) is 4.58. The topological polar surface area (TPSA) is 3.24 Å². The van der Waals surface area contributed by atoms with Gasteiger partial charge in [0, 0.05) is 26.6 Å². The highest BCUT2D eigenvalue weighted by Crippen LogP contribution is 2.46. The van der Waals surface area contributed by atoms with Crippen LogP contribution in [0, 0.1) is 0 Å². The van der Waals surface area contributed by atoms with Crippen molar-refractivity contribution in [3.8, 4) is 0 Å². The molecule has 44 heavy (non-hydrogen) atoms. The molecule has 0 saturated carbocycles. The fourth-order valence-corrected chi connectivity index (χ4v) is 12.4. The zero-order chi connectivity index (χ0) is 30.0. The molecule has 6 aromatic carbocycles. The van der Waals surface area contributed by atoms with E-state index in [1.807, 2.05) is 0 Å². The van der Waals surface area contributed by atoms with Gasteiger partial charge >= 0.3 is 0 Å². The number of nitrogens with zero attached hydrogens (tertiary/aromatic N) is 1. The summed E-state index contributed by atoms with van der Waals surface area (Å²) in [5, 5.41) is 8.01. The maximum atomic E-state index is 3.90. The van der Waals surface area contributed by atoms with Crippen LogP contribution in [0.2, 0.25) is 0 Å². The first kappa shape index (κ1) is 29.4. The van der Waals surface area contributed by atoms with E-state index >= 15 is 0 Å². The fourth-order valence-electron chi connectivity index (χ4n) is 5.99. The standard InChI is InChI=1S/C39H29Br2NP2/c1-42-38-28(24-30(40)26-36(38)43(32-14-6-2-7-15-32)33-16-8-3-9-17-33)22-23-29-25-31(41)27-37(39(29)42)44(34-18-10-4-11-19-34)35-20-12-5-13-21-35/h2-27H,1H3. The van der Waals surface area contributed by atoms with Crippen LogP contribution >= 0.6 is 47.7 Å². The van der Waals surface area contributed by atoms with Crippen LogP contribution in [0.5, 0.6) is 0 Å². The molecule has 0 amide bonds. The van der Waals surface area contributed by atoms with Crippen molar-refractivity contribution in [1.29, 1.82) is 0 Å². The first-order valence-electron chi connectivity index (χ1n) is 14.5. The van der Waals surface area contributed by atoms with Crippen LogP contribution in [0.3, 0.4) is 0 Å². The lowest BCUT2D eigenvalue weighted by Crippen LogP contribution is -2.30. The number of halogens is 2. The monoisotopic (exact) mass is 731 g/mol. The highest BCUT2D eigenvalue weighted by Gasteiger charge is 2.30. The van der Waals surface area contributed by atoms with Crippen LogP contribution in [0.15, 0.2) is 155 Å². The van der Waals surface area contributed by atoms with E-state index in [-0.39, 0.29) is 0 Å². The predicted octanol–water partition coefficient (Wildman–Crippen LogP) is 8.98. The number of hydrogen-bond donors (Lipinski definition) is 0. The molecule has 0 aromatic heterocycles. The van der Waals surface area contributed by atoms with E-state index in [0.29, 0.717) is 0 Å². The van der Waals surface area contributed by atoms with Gasteiger partial charge in [-0.1, -0.05) is 165 Å². The van der Waals surface area contributed by atoms with Gasteiger partial charge in [0.25, 0.3) is 0 Å². The molecule has 0 fully saturated rings. The van der Waals surface area contributed by atoms with Crippen molar-refractivity contribution in [2.24, 2.45) is 0 Å². The lowest BCUT2D eigenvalue weighted by Gasteiger charge is -2.33. The average molecular weight is 733 g/mol. The van der Waals surface area contributed by atoms with E-state index in [1.165, 1.54) is 54.3 Å². The summed E-state index contributed by atoms with van der Waals surface area (Å²) in [7, 11) is 0.591. The van der Waals surface area contributed by atoms with Gasteiger partial charge in [-0.25, -0.2) is 0 Å². The van der Waals surface area contributed by atoms with E-state index in [0.717, 1.165) is 8.95 Å². The Balaban J connectivity index is 1.50. The molecule has 1 heterocycles.